The summed E-state index contributed by atoms with van der Waals surface area (Å²) in [6.07, 6.45) is 0.606. The van der Waals surface area contributed by atoms with Crippen molar-refractivity contribution in [3.63, 3.8) is 0 Å². The summed E-state index contributed by atoms with van der Waals surface area (Å²) in [5.41, 5.74) is 0. The number of amides is 1. The Morgan fingerprint density at radius 2 is 2.12 bits per heavy atom. The Morgan fingerprint density at radius 3 is 2.79 bits per heavy atom. The molecule has 0 radical (unpaired) electrons. The molecule has 0 unspecified atom stereocenters. The van der Waals surface area contributed by atoms with Gasteiger partial charge in [0.25, 0.3) is 5.89 Å². The van der Waals surface area contributed by atoms with Crippen molar-refractivity contribution < 1.29 is 18.7 Å². The van der Waals surface area contributed by atoms with Crippen molar-refractivity contribution in [1.82, 2.24) is 15.1 Å². The number of hydrogen-bond acceptors (Lipinski definition) is 6. The zero-order valence-corrected chi connectivity index (χ0v) is 14.2. The molecule has 0 saturated carbocycles. The number of nitrogens with zero attached hydrogens (tertiary/aromatic N) is 3. The Hall–Kier alpha value is -2.12. The Balaban J connectivity index is 1.66. The number of benzene rings is 1. The first-order chi connectivity index (χ1) is 11.6. The summed E-state index contributed by atoms with van der Waals surface area (Å²) >= 11 is 5.83. The molecule has 24 heavy (non-hydrogen) atoms. The largest absolute Gasteiger partial charge is 0.484 e. The van der Waals surface area contributed by atoms with E-state index >= 15 is 0 Å². The number of rotatable bonds is 5. The van der Waals surface area contributed by atoms with Crippen molar-refractivity contribution >= 4 is 17.5 Å². The maximum Gasteiger partial charge on any atom is 0.253 e. The molecule has 0 aliphatic carbocycles. The lowest BCUT2D eigenvalue weighted by Crippen LogP contribution is -2.29. The molecule has 2 atom stereocenters. The normalized spacial score (nSPS) is 20.4. The SMILES string of the molecule is CO[C@H]1C[C@H](c2nnc(COc3ccc(Cl)cc3)o2)N(C(C)=O)C1. The molecule has 1 amide bonds. The fourth-order valence-corrected chi connectivity index (χ4v) is 2.81. The van der Waals surface area contributed by atoms with Crippen molar-refractivity contribution in [2.45, 2.75) is 32.1 Å². The van der Waals surface area contributed by atoms with E-state index in [2.05, 4.69) is 10.2 Å². The number of carbonyl (C=O) groups excluding carboxylic acids is 1. The van der Waals surface area contributed by atoms with E-state index in [1.54, 1.807) is 36.3 Å². The highest BCUT2D eigenvalue weighted by atomic mass is 35.5. The number of methoxy groups -OCH3 is 1. The van der Waals surface area contributed by atoms with E-state index in [1.807, 2.05) is 0 Å². The van der Waals surface area contributed by atoms with Crippen LogP contribution in [0.5, 0.6) is 5.75 Å². The Labute approximate surface area is 144 Å². The standard InChI is InChI=1S/C16H18ClN3O4/c1-10(21)20-8-13(22-2)7-14(20)16-19-18-15(24-16)9-23-12-5-3-11(17)4-6-12/h3-6,13-14H,7-9H2,1-2H3/t13-,14+/m0/s1. The van der Waals surface area contributed by atoms with Gasteiger partial charge in [-0.1, -0.05) is 11.6 Å². The topological polar surface area (TPSA) is 77.7 Å². The van der Waals surface area contributed by atoms with Crippen LogP contribution in [-0.4, -0.2) is 40.8 Å². The van der Waals surface area contributed by atoms with Crippen molar-refractivity contribution in [3.05, 3.63) is 41.1 Å². The molecule has 3 rings (SSSR count). The molecule has 1 aromatic heterocycles. The Kier molecular flexibility index (Phi) is 5.01. The van der Waals surface area contributed by atoms with Gasteiger partial charge in [-0.15, -0.1) is 10.2 Å². The summed E-state index contributed by atoms with van der Waals surface area (Å²) in [6.45, 7) is 2.19. The molecule has 8 heteroatoms. The summed E-state index contributed by atoms with van der Waals surface area (Å²) in [6, 6.07) is 6.74. The Bertz CT molecular complexity index is 704. The second-order valence-corrected chi connectivity index (χ2v) is 5.99. The van der Waals surface area contributed by atoms with Gasteiger partial charge < -0.3 is 18.8 Å². The van der Waals surface area contributed by atoms with Crippen molar-refractivity contribution in [2.24, 2.45) is 0 Å². The predicted molar refractivity (Wildman–Crippen MR) is 85.6 cm³/mol. The van der Waals surface area contributed by atoms with Crippen LogP contribution in [-0.2, 0) is 16.1 Å². The maximum atomic E-state index is 11.8. The van der Waals surface area contributed by atoms with Crippen molar-refractivity contribution in [3.8, 4) is 5.75 Å². The van der Waals surface area contributed by atoms with Crippen LogP contribution in [0.1, 0.15) is 31.2 Å². The second-order valence-electron chi connectivity index (χ2n) is 5.56. The van der Waals surface area contributed by atoms with Gasteiger partial charge in [0.1, 0.15) is 11.8 Å². The molecule has 1 saturated heterocycles. The van der Waals surface area contributed by atoms with Gasteiger partial charge in [-0.25, -0.2) is 0 Å². The summed E-state index contributed by atoms with van der Waals surface area (Å²) < 4.78 is 16.6. The first-order valence-corrected chi connectivity index (χ1v) is 7.95. The zero-order chi connectivity index (χ0) is 17.1. The minimum Gasteiger partial charge on any atom is -0.484 e. The summed E-state index contributed by atoms with van der Waals surface area (Å²) in [5.74, 6) is 1.37. The van der Waals surface area contributed by atoms with Gasteiger partial charge in [0.05, 0.1) is 6.10 Å². The number of likely N-dealkylation sites (tertiary alicyclic amines) is 1. The highest BCUT2D eigenvalue weighted by Gasteiger charge is 2.38. The highest BCUT2D eigenvalue weighted by molar-refractivity contribution is 6.30. The molecule has 7 nitrogen and oxygen atoms in total. The molecule has 1 aliphatic heterocycles. The molecular weight excluding hydrogens is 334 g/mol. The van der Waals surface area contributed by atoms with Crippen LogP contribution in [0.3, 0.4) is 0 Å². The Morgan fingerprint density at radius 1 is 1.38 bits per heavy atom. The van der Waals surface area contributed by atoms with Crippen LogP contribution in [0.2, 0.25) is 5.02 Å². The van der Waals surface area contributed by atoms with Crippen LogP contribution in [0.25, 0.3) is 0 Å². The molecule has 2 heterocycles. The fraction of sp³-hybridized carbons (Fsp3) is 0.438. The molecule has 2 aromatic rings. The lowest BCUT2D eigenvalue weighted by atomic mass is 10.2. The molecular formula is C16H18ClN3O4. The van der Waals surface area contributed by atoms with Gasteiger partial charge in [-0.05, 0) is 24.3 Å². The van der Waals surface area contributed by atoms with E-state index in [0.717, 1.165) is 0 Å². The number of ether oxygens (including phenoxy) is 2. The third-order valence-corrected chi connectivity index (χ3v) is 4.20. The smallest absolute Gasteiger partial charge is 0.253 e. The quantitative estimate of drug-likeness (QED) is 0.824. The van der Waals surface area contributed by atoms with Gasteiger partial charge in [0.15, 0.2) is 6.61 Å². The maximum absolute atomic E-state index is 11.8. The summed E-state index contributed by atoms with van der Waals surface area (Å²) in [4.78, 5) is 13.5. The monoisotopic (exact) mass is 351 g/mol. The van der Waals surface area contributed by atoms with E-state index in [1.165, 1.54) is 6.92 Å². The molecule has 1 aromatic carbocycles. The van der Waals surface area contributed by atoms with Crippen LogP contribution in [0.15, 0.2) is 28.7 Å². The number of carbonyl (C=O) groups is 1. The second kappa shape index (κ2) is 7.19. The molecule has 128 valence electrons. The predicted octanol–water partition coefficient (Wildman–Crippen LogP) is 2.61. The fourth-order valence-electron chi connectivity index (χ4n) is 2.69. The van der Waals surface area contributed by atoms with Crippen LogP contribution < -0.4 is 4.74 Å². The average molecular weight is 352 g/mol. The zero-order valence-electron chi connectivity index (χ0n) is 13.4. The molecule has 1 fully saturated rings. The number of hydrogen-bond donors (Lipinski definition) is 0. The van der Waals surface area contributed by atoms with E-state index in [9.17, 15) is 4.79 Å². The summed E-state index contributed by atoms with van der Waals surface area (Å²) in [7, 11) is 1.63. The van der Waals surface area contributed by atoms with Gasteiger partial charge in [-0.3, -0.25) is 4.79 Å². The highest BCUT2D eigenvalue weighted by Crippen LogP contribution is 2.32. The van der Waals surface area contributed by atoms with Gasteiger partial charge >= 0.3 is 0 Å². The first kappa shape index (κ1) is 16.7. The third-order valence-electron chi connectivity index (χ3n) is 3.94. The molecule has 1 aliphatic rings. The van der Waals surface area contributed by atoms with Crippen LogP contribution in [0.4, 0.5) is 0 Å². The minimum absolute atomic E-state index is 0.0282. The van der Waals surface area contributed by atoms with E-state index in [-0.39, 0.29) is 24.7 Å². The van der Waals surface area contributed by atoms with E-state index in [4.69, 9.17) is 25.5 Å². The average Bonchev–Trinajstić information content (AvgIpc) is 3.20. The van der Waals surface area contributed by atoms with E-state index in [0.29, 0.717) is 35.5 Å². The summed E-state index contributed by atoms with van der Waals surface area (Å²) in [5, 5.41) is 8.69. The van der Waals surface area contributed by atoms with Gasteiger partial charge in [0, 0.05) is 32.0 Å². The van der Waals surface area contributed by atoms with Crippen LogP contribution in [0, 0.1) is 0 Å². The van der Waals surface area contributed by atoms with Crippen molar-refractivity contribution in [2.75, 3.05) is 13.7 Å². The molecule has 0 bridgehead atoms. The first-order valence-electron chi connectivity index (χ1n) is 7.57. The number of halogens is 1. The van der Waals surface area contributed by atoms with Gasteiger partial charge in [0.2, 0.25) is 11.8 Å². The lowest BCUT2D eigenvalue weighted by molar-refractivity contribution is -0.130. The van der Waals surface area contributed by atoms with Gasteiger partial charge in [-0.2, -0.15) is 0 Å². The molecule has 0 spiro atoms. The van der Waals surface area contributed by atoms with E-state index < -0.39 is 0 Å². The minimum atomic E-state index is -0.260. The molecule has 0 N–H and O–H groups in total. The third kappa shape index (κ3) is 3.68. The lowest BCUT2D eigenvalue weighted by Gasteiger charge is -2.19. The number of aromatic nitrogens is 2. The van der Waals surface area contributed by atoms with Crippen LogP contribution >= 0.6 is 11.6 Å². The van der Waals surface area contributed by atoms with Crippen molar-refractivity contribution in [1.29, 1.82) is 0 Å².